The number of carbonyl (C=O) groups is 2. The molecule has 212 valence electrons. The lowest BCUT2D eigenvalue weighted by molar-refractivity contribution is -0.113. The second kappa shape index (κ2) is 13.2. The Kier molecular flexibility index (Phi) is 10.3. The first-order valence-electron chi connectivity index (χ1n) is 14.2. The fourth-order valence-electron chi connectivity index (χ4n) is 5.31. The number of hydrogen-bond donors (Lipinski definition) is 2. The lowest BCUT2D eigenvalue weighted by Gasteiger charge is -2.42. The van der Waals surface area contributed by atoms with Gasteiger partial charge in [-0.1, -0.05) is 90.1 Å². The van der Waals surface area contributed by atoms with Gasteiger partial charge >= 0.3 is 5.97 Å². The average molecular weight is 537 g/mol. The second-order valence-corrected chi connectivity index (χ2v) is 11.8. The summed E-state index contributed by atoms with van der Waals surface area (Å²) in [4.78, 5) is 32.1. The summed E-state index contributed by atoms with van der Waals surface area (Å²) < 4.78 is 0. The van der Waals surface area contributed by atoms with Crippen molar-refractivity contribution < 1.29 is 24.6 Å². The number of fused-ring (bicyclic) bond motifs is 1. The van der Waals surface area contributed by atoms with E-state index < -0.39 is 18.2 Å². The first-order valence-corrected chi connectivity index (χ1v) is 14.2. The number of oxime groups is 1. The monoisotopic (exact) mass is 536 g/mol. The van der Waals surface area contributed by atoms with Crippen molar-refractivity contribution in [3.05, 3.63) is 59.2 Å². The molecule has 1 atom stereocenters. The first-order chi connectivity index (χ1) is 18.5. The summed E-state index contributed by atoms with van der Waals surface area (Å²) in [5.41, 5.74) is 3.07. The normalized spacial score (nSPS) is 16.5. The Bertz CT molecular complexity index is 1170. The van der Waals surface area contributed by atoms with E-state index in [2.05, 4.69) is 39.8 Å². The summed E-state index contributed by atoms with van der Waals surface area (Å²) in [7, 11) is 0. The largest absolute Gasteiger partial charge is 0.478 e. The zero-order valence-corrected chi connectivity index (χ0v) is 24.1. The maximum absolute atomic E-state index is 13.5. The van der Waals surface area contributed by atoms with Crippen molar-refractivity contribution in [1.29, 1.82) is 0 Å². The molecule has 0 saturated heterocycles. The molecule has 0 saturated carbocycles. The van der Waals surface area contributed by atoms with Crippen LogP contribution >= 0.6 is 0 Å². The van der Waals surface area contributed by atoms with Gasteiger partial charge in [0.2, 0.25) is 6.29 Å². The van der Waals surface area contributed by atoms with E-state index in [0.29, 0.717) is 12.1 Å². The molecular weight excluding hydrogens is 492 g/mol. The van der Waals surface area contributed by atoms with Crippen LogP contribution in [0.1, 0.15) is 114 Å². The van der Waals surface area contributed by atoms with Gasteiger partial charge in [-0.15, -0.1) is 0 Å². The highest BCUT2D eigenvalue weighted by Gasteiger charge is 2.37. The van der Waals surface area contributed by atoms with Gasteiger partial charge in [-0.3, -0.25) is 9.69 Å². The summed E-state index contributed by atoms with van der Waals surface area (Å²) >= 11 is 0. The first kappa shape index (κ1) is 30.4. The van der Waals surface area contributed by atoms with Crippen molar-refractivity contribution >= 4 is 29.5 Å². The predicted octanol–water partition coefficient (Wildman–Crippen LogP) is 7.47. The number of amides is 1. The molecule has 0 aromatic heterocycles. The van der Waals surface area contributed by atoms with E-state index >= 15 is 0 Å². The van der Waals surface area contributed by atoms with Gasteiger partial charge in [0.1, 0.15) is 6.21 Å². The highest BCUT2D eigenvalue weighted by Crippen LogP contribution is 2.47. The number of unbranched alkanes of at least 4 members (excludes halogenated alkanes) is 5. The van der Waals surface area contributed by atoms with E-state index in [-0.39, 0.29) is 22.1 Å². The molecule has 0 heterocycles. The van der Waals surface area contributed by atoms with Gasteiger partial charge in [-0.25, -0.2) is 4.79 Å². The second-order valence-electron chi connectivity index (χ2n) is 11.8. The van der Waals surface area contributed by atoms with Crippen LogP contribution < -0.4 is 4.90 Å². The van der Waals surface area contributed by atoms with Crippen LogP contribution in [0.4, 0.5) is 11.4 Å². The summed E-state index contributed by atoms with van der Waals surface area (Å²) in [5, 5.41) is 23.8. The van der Waals surface area contributed by atoms with Gasteiger partial charge < -0.3 is 15.1 Å². The third-order valence-corrected chi connectivity index (χ3v) is 7.84. The van der Waals surface area contributed by atoms with Crippen LogP contribution in [0.2, 0.25) is 0 Å². The van der Waals surface area contributed by atoms with Crippen molar-refractivity contribution in [3.8, 4) is 0 Å². The number of carboxylic acid groups (broad SMARTS) is 1. The summed E-state index contributed by atoms with van der Waals surface area (Å²) in [6.45, 7) is 11.0. The van der Waals surface area contributed by atoms with Crippen molar-refractivity contribution in [3.63, 3.8) is 0 Å². The third kappa shape index (κ3) is 7.69. The zero-order chi connectivity index (χ0) is 28.6. The number of aromatic carboxylic acids is 1. The molecule has 2 N–H and O–H groups in total. The fraction of sp³-hybridized carbons (Fsp3) is 0.531. The minimum atomic E-state index is -1.13. The smallest absolute Gasteiger partial charge is 0.337 e. The van der Waals surface area contributed by atoms with Crippen LogP contribution in [0, 0.1) is 0 Å². The molecule has 3 rings (SSSR count). The van der Waals surface area contributed by atoms with E-state index in [4.69, 9.17) is 4.84 Å². The number of aliphatic hydroxyl groups excluding tert-OH is 1. The molecule has 0 aliphatic heterocycles. The quantitative estimate of drug-likeness (QED) is 0.120. The van der Waals surface area contributed by atoms with Crippen LogP contribution in [0.5, 0.6) is 0 Å². The molecule has 0 radical (unpaired) electrons. The number of anilines is 2. The van der Waals surface area contributed by atoms with Crippen molar-refractivity contribution in [2.75, 3.05) is 4.90 Å². The Balaban J connectivity index is 1.87. The Morgan fingerprint density at radius 2 is 1.62 bits per heavy atom. The van der Waals surface area contributed by atoms with Gasteiger partial charge in [0.15, 0.2) is 0 Å². The lowest BCUT2D eigenvalue weighted by Crippen LogP contribution is -2.35. The molecule has 39 heavy (non-hydrogen) atoms. The molecule has 0 bridgehead atoms. The lowest BCUT2D eigenvalue weighted by atomic mass is 9.63. The zero-order valence-electron chi connectivity index (χ0n) is 24.1. The predicted molar refractivity (Wildman–Crippen MR) is 156 cm³/mol. The number of hydrogen-bond acceptors (Lipinski definition) is 5. The third-order valence-electron chi connectivity index (χ3n) is 7.84. The van der Waals surface area contributed by atoms with Crippen molar-refractivity contribution in [2.24, 2.45) is 5.16 Å². The number of carbonyl (C=O) groups excluding carboxylic acids is 1. The molecule has 0 fully saturated rings. The average Bonchev–Trinajstić information content (AvgIpc) is 2.89. The standard InChI is InChI=1S/C32H44N2O5/c1-6-7-8-9-10-11-16-29(36)39-33-22-28(35)34(27-15-13-12-14-24(27)30(37)38)23-17-18-25-26(21-23)32(4,5)20-19-31(25,2)3/h12-15,17-18,21-22,29,36H,6-11,16,19-20H2,1-5H3,(H,37,38). The molecule has 1 aliphatic carbocycles. The molecule has 7 nitrogen and oxygen atoms in total. The van der Waals surface area contributed by atoms with Gasteiger partial charge in [-0.2, -0.15) is 0 Å². The van der Waals surface area contributed by atoms with E-state index in [0.717, 1.165) is 43.9 Å². The number of rotatable bonds is 13. The molecule has 7 heteroatoms. The molecule has 1 unspecified atom stereocenters. The van der Waals surface area contributed by atoms with E-state index in [1.54, 1.807) is 18.2 Å². The maximum Gasteiger partial charge on any atom is 0.337 e. The SMILES string of the molecule is CCCCCCCCC(O)ON=CC(=O)N(c1ccc2c(c1)C(C)(C)CCC2(C)C)c1ccccc1C(=O)O. The van der Waals surface area contributed by atoms with Crippen LogP contribution in [0.25, 0.3) is 0 Å². The number of para-hydroxylation sites is 1. The van der Waals surface area contributed by atoms with Gasteiger partial charge in [0.05, 0.1) is 11.3 Å². The highest BCUT2D eigenvalue weighted by molar-refractivity contribution is 6.35. The van der Waals surface area contributed by atoms with Crippen LogP contribution in [0.15, 0.2) is 47.6 Å². The maximum atomic E-state index is 13.5. The molecule has 2 aromatic rings. The topological polar surface area (TPSA) is 99.4 Å². The van der Waals surface area contributed by atoms with E-state index in [9.17, 15) is 19.8 Å². The minimum Gasteiger partial charge on any atom is -0.478 e. The summed E-state index contributed by atoms with van der Waals surface area (Å²) in [6.07, 6.45) is 8.91. The Morgan fingerprint density at radius 1 is 0.974 bits per heavy atom. The Morgan fingerprint density at radius 3 is 2.31 bits per heavy atom. The van der Waals surface area contributed by atoms with Crippen LogP contribution in [0.3, 0.4) is 0 Å². The number of nitrogens with zero attached hydrogens (tertiary/aromatic N) is 2. The molecule has 1 amide bonds. The van der Waals surface area contributed by atoms with Crippen LogP contribution in [-0.2, 0) is 20.5 Å². The summed E-state index contributed by atoms with van der Waals surface area (Å²) in [6, 6.07) is 12.3. The Hall–Kier alpha value is -3.19. The van der Waals surface area contributed by atoms with Gasteiger partial charge in [0, 0.05) is 12.1 Å². The highest BCUT2D eigenvalue weighted by atomic mass is 16.7. The Labute approximate surface area is 232 Å². The van der Waals surface area contributed by atoms with Crippen molar-refractivity contribution in [1.82, 2.24) is 0 Å². The van der Waals surface area contributed by atoms with Gasteiger partial charge in [0.25, 0.3) is 5.91 Å². The van der Waals surface area contributed by atoms with Gasteiger partial charge in [-0.05, 0) is 65.5 Å². The molecular formula is C32H44N2O5. The van der Waals surface area contributed by atoms with E-state index in [1.807, 2.05) is 18.2 Å². The number of aliphatic hydroxyl groups is 1. The van der Waals surface area contributed by atoms with E-state index in [1.165, 1.54) is 35.8 Å². The minimum absolute atomic E-state index is 0.000543. The van der Waals surface area contributed by atoms with Crippen LogP contribution in [-0.4, -0.2) is 34.6 Å². The molecule has 2 aromatic carbocycles. The molecule has 1 aliphatic rings. The molecule has 0 spiro atoms. The number of benzene rings is 2. The fourth-order valence-corrected chi connectivity index (χ4v) is 5.31. The summed E-state index contributed by atoms with van der Waals surface area (Å²) in [5.74, 6) is -1.70. The number of carboxylic acids is 1. The van der Waals surface area contributed by atoms with Crippen molar-refractivity contribution in [2.45, 2.75) is 110 Å².